The summed E-state index contributed by atoms with van der Waals surface area (Å²) >= 11 is 0. The molecule has 3 rings (SSSR count). The van der Waals surface area contributed by atoms with E-state index in [0.29, 0.717) is 25.2 Å². The molecule has 1 aliphatic heterocycles. The Hall–Kier alpha value is -2.78. The standard InChI is InChI=1S/C18H15F6N3O/c19-17(20,21)13-9-12(10-14(11-13)18(22,23)24)16(28)27-7-5-26(6-8-27)15-1-3-25-4-2-15/h1-4,9-11H,5-8H2. The summed E-state index contributed by atoms with van der Waals surface area (Å²) in [5, 5.41) is 0. The Kier molecular flexibility index (Phi) is 5.22. The van der Waals surface area contributed by atoms with Crippen LogP contribution in [0.3, 0.4) is 0 Å². The third-order valence-electron chi connectivity index (χ3n) is 4.43. The van der Waals surface area contributed by atoms with Crippen LogP contribution in [0, 0.1) is 0 Å². The number of hydrogen-bond donors (Lipinski definition) is 0. The van der Waals surface area contributed by atoms with Crippen LogP contribution in [-0.2, 0) is 12.4 Å². The van der Waals surface area contributed by atoms with Gasteiger partial charge < -0.3 is 9.80 Å². The highest BCUT2D eigenvalue weighted by molar-refractivity contribution is 5.95. The minimum atomic E-state index is -4.99. The first-order valence-electron chi connectivity index (χ1n) is 8.29. The molecule has 4 nitrogen and oxygen atoms in total. The monoisotopic (exact) mass is 403 g/mol. The van der Waals surface area contributed by atoms with Gasteiger partial charge in [-0.05, 0) is 30.3 Å². The summed E-state index contributed by atoms with van der Waals surface area (Å²) in [7, 11) is 0. The minimum absolute atomic E-state index is 0.0121. The van der Waals surface area contributed by atoms with Gasteiger partial charge in [0.1, 0.15) is 0 Å². The topological polar surface area (TPSA) is 36.4 Å². The minimum Gasteiger partial charge on any atom is -0.368 e. The van der Waals surface area contributed by atoms with E-state index in [1.165, 1.54) is 4.90 Å². The second-order valence-electron chi connectivity index (χ2n) is 6.28. The summed E-state index contributed by atoms with van der Waals surface area (Å²) in [5.74, 6) is -0.856. The molecule has 1 amide bonds. The maximum atomic E-state index is 13.0. The van der Waals surface area contributed by atoms with E-state index >= 15 is 0 Å². The molecule has 0 aliphatic carbocycles. The van der Waals surface area contributed by atoms with E-state index in [-0.39, 0.29) is 19.2 Å². The van der Waals surface area contributed by atoms with E-state index in [1.807, 2.05) is 4.90 Å². The summed E-state index contributed by atoms with van der Waals surface area (Å²) in [6.07, 6.45) is -6.77. The van der Waals surface area contributed by atoms with Crippen LogP contribution >= 0.6 is 0 Å². The highest BCUT2D eigenvalue weighted by atomic mass is 19.4. The number of amides is 1. The normalized spacial score (nSPS) is 15.6. The average Bonchev–Trinajstić information content (AvgIpc) is 2.66. The molecule has 28 heavy (non-hydrogen) atoms. The highest BCUT2D eigenvalue weighted by Gasteiger charge is 2.38. The SMILES string of the molecule is O=C(c1cc(C(F)(F)F)cc(C(F)(F)F)c1)N1CCN(c2ccncc2)CC1. The second kappa shape index (κ2) is 7.33. The number of nitrogens with zero attached hydrogens (tertiary/aromatic N) is 3. The van der Waals surface area contributed by atoms with Crippen molar-refractivity contribution in [3.8, 4) is 0 Å². The van der Waals surface area contributed by atoms with E-state index < -0.39 is 35.0 Å². The average molecular weight is 403 g/mol. The Labute approximate surface area is 156 Å². The second-order valence-corrected chi connectivity index (χ2v) is 6.28. The number of rotatable bonds is 2. The predicted molar refractivity (Wildman–Crippen MR) is 88.8 cm³/mol. The van der Waals surface area contributed by atoms with Gasteiger partial charge >= 0.3 is 12.4 Å². The predicted octanol–water partition coefficient (Wildman–Crippen LogP) is 4.08. The molecular formula is C18H15F6N3O. The van der Waals surface area contributed by atoms with Gasteiger partial charge in [0.15, 0.2) is 0 Å². The number of carbonyl (C=O) groups excluding carboxylic acids is 1. The molecule has 1 fully saturated rings. The van der Waals surface area contributed by atoms with Crippen molar-refractivity contribution in [2.45, 2.75) is 12.4 Å². The lowest BCUT2D eigenvalue weighted by Gasteiger charge is -2.36. The molecule has 0 saturated carbocycles. The van der Waals surface area contributed by atoms with Crippen LogP contribution < -0.4 is 4.90 Å². The van der Waals surface area contributed by atoms with Crippen LogP contribution in [0.5, 0.6) is 0 Å². The van der Waals surface area contributed by atoms with Gasteiger partial charge in [0.2, 0.25) is 0 Å². The molecule has 0 unspecified atom stereocenters. The molecule has 1 saturated heterocycles. The van der Waals surface area contributed by atoms with Gasteiger partial charge in [-0.1, -0.05) is 0 Å². The molecule has 0 bridgehead atoms. The quantitative estimate of drug-likeness (QED) is 0.709. The molecule has 0 N–H and O–H groups in total. The van der Waals surface area contributed by atoms with Crippen molar-refractivity contribution in [2.75, 3.05) is 31.1 Å². The van der Waals surface area contributed by atoms with E-state index in [1.54, 1.807) is 24.5 Å². The number of alkyl halides is 6. The number of aromatic nitrogens is 1. The van der Waals surface area contributed by atoms with Gasteiger partial charge in [0.25, 0.3) is 5.91 Å². The summed E-state index contributed by atoms with van der Waals surface area (Å²) < 4.78 is 77.9. The van der Waals surface area contributed by atoms with Gasteiger partial charge in [-0.3, -0.25) is 9.78 Å². The van der Waals surface area contributed by atoms with Crippen molar-refractivity contribution >= 4 is 11.6 Å². The Morgan fingerprint density at radius 2 is 1.32 bits per heavy atom. The molecular weight excluding hydrogens is 388 g/mol. The number of piperazine rings is 1. The van der Waals surface area contributed by atoms with Crippen molar-refractivity contribution in [1.82, 2.24) is 9.88 Å². The fourth-order valence-electron chi connectivity index (χ4n) is 2.98. The maximum Gasteiger partial charge on any atom is 0.416 e. The Balaban J connectivity index is 1.81. The van der Waals surface area contributed by atoms with Crippen molar-refractivity contribution in [3.63, 3.8) is 0 Å². The van der Waals surface area contributed by atoms with Crippen LogP contribution in [0.2, 0.25) is 0 Å². The first kappa shape index (κ1) is 20.0. The number of anilines is 1. The number of carbonyl (C=O) groups is 1. The fraction of sp³-hybridized carbons (Fsp3) is 0.333. The number of halogens is 6. The first-order chi connectivity index (χ1) is 13.1. The molecule has 1 aliphatic rings. The first-order valence-corrected chi connectivity index (χ1v) is 8.29. The van der Waals surface area contributed by atoms with E-state index in [4.69, 9.17) is 0 Å². The molecule has 0 radical (unpaired) electrons. The van der Waals surface area contributed by atoms with E-state index in [2.05, 4.69) is 4.98 Å². The Morgan fingerprint density at radius 1 is 0.821 bits per heavy atom. The number of benzene rings is 1. The van der Waals surface area contributed by atoms with E-state index in [0.717, 1.165) is 5.69 Å². The Bertz CT molecular complexity index is 810. The third kappa shape index (κ3) is 4.37. The van der Waals surface area contributed by atoms with Crippen molar-refractivity contribution in [3.05, 3.63) is 59.4 Å². The van der Waals surface area contributed by atoms with Crippen LogP contribution in [0.15, 0.2) is 42.7 Å². The van der Waals surface area contributed by atoms with Crippen molar-refractivity contribution < 1.29 is 31.1 Å². The smallest absolute Gasteiger partial charge is 0.368 e. The lowest BCUT2D eigenvalue weighted by molar-refractivity contribution is -0.143. The summed E-state index contributed by atoms with van der Waals surface area (Å²) in [6.45, 7) is 1.17. The van der Waals surface area contributed by atoms with Gasteiger partial charge in [-0.25, -0.2) is 0 Å². The van der Waals surface area contributed by atoms with Gasteiger partial charge in [0, 0.05) is 49.8 Å². The number of pyridine rings is 1. The summed E-state index contributed by atoms with van der Waals surface area (Å²) in [4.78, 5) is 19.7. The zero-order chi connectivity index (χ0) is 20.5. The molecule has 0 spiro atoms. The van der Waals surface area contributed by atoms with Crippen molar-refractivity contribution in [1.29, 1.82) is 0 Å². The van der Waals surface area contributed by atoms with Gasteiger partial charge in [-0.15, -0.1) is 0 Å². The Morgan fingerprint density at radius 3 is 1.79 bits per heavy atom. The van der Waals surface area contributed by atoms with E-state index in [9.17, 15) is 31.1 Å². The number of hydrogen-bond acceptors (Lipinski definition) is 3. The van der Waals surface area contributed by atoms with Crippen molar-refractivity contribution in [2.24, 2.45) is 0 Å². The lowest BCUT2D eigenvalue weighted by atomic mass is 10.0. The molecule has 150 valence electrons. The third-order valence-corrected chi connectivity index (χ3v) is 4.43. The highest BCUT2D eigenvalue weighted by Crippen LogP contribution is 2.36. The van der Waals surface area contributed by atoms with Crippen LogP contribution in [0.1, 0.15) is 21.5 Å². The fourth-order valence-corrected chi connectivity index (χ4v) is 2.98. The molecule has 2 aromatic rings. The van der Waals surface area contributed by atoms with Crippen LogP contribution in [0.25, 0.3) is 0 Å². The van der Waals surface area contributed by atoms with Gasteiger partial charge in [-0.2, -0.15) is 26.3 Å². The summed E-state index contributed by atoms with van der Waals surface area (Å²) in [6, 6.07) is 4.50. The summed E-state index contributed by atoms with van der Waals surface area (Å²) in [5.41, 5.74) is -2.75. The van der Waals surface area contributed by atoms with Crippen LogP contribution in [0.4, 0.5) is 32.0 Å². The molecule has 1 aromatic heterocycles. The van der Waals surface area contributed by atoms with Crippen LogP contribution in [-0.4, -0.2) is 42.0 Å². The molecule has 2 heterocycles. The molecule has 10 heteroatoms. The largest absolute Gasteiger partial charge is 0.416 e. The molecule has 0 atom stereocenters. The van der Waals surface area contributed by atoms with Gasteiger partial charge in [0.05, 0.1) is 11.1 Å². The lowest BCUT2D eigenvalue weighted by Crippen LogP contribution is -2.48. The molecule has 1 aromatic carbocycles. The zero-order valence-corrected chi connectivity index (χ0v) is 14.4. The maximum absolute atomic E-state index is 13.0. The zero-order valence-electron chi connectivity index (χ0n) is 14.4.